The molecular weight excluding hydrogens is 234 g/mol. The van der Waals surface area contributed by atoms with E-state index in [0.717, 1.165) is 0 Å². The lowest BCUT2D eigenvalue weighted by Gasteiger charge is -2.04. The van der Waals surface area contributed by atoms with Gasteiger partial charge in [0.05, 0.1) is 5.69 Å². The zero-order valence-corrected chi connectivity index (χ0v) is 8.61. The number of hydrogen-bond acceptors (Lipinski definition) is 3. The van der Waals surface area contributed by atoms with E-state index >= 15 is 0 Å². The fourth-order valence-corrected chi connectivity index (χ4v) is 1.43. The standard InChI is InChI=1S/C9H8BrNO2/c1-6(12)9(13)8(10)7-4-2-3-5-11-7/h2-5,8H,1H3. The van der Waals surface area contributed by atoms with Crippen molar-refractivity contribution in [2.24, 2.45) is 0 Å². The van der Waals surface area contributed by atoms with E-state index in [-0.39, 0.29) is 0 Å². The van der Waals surface area contributed by atoms with Gasteiger partial charge in [0.15, 0.2) is 5.78 Å². The van der Waals surface area contributed by atoms with Crippen LogP contribution in [0.25, 0.3) is 0 Å². The highest BCUT2D eigenvalue weighted by atomic mass is 79.9. The normalized spacial score (nSPS) is 12.2. The molecule has 13 heavy (non-hydrogen) atoms. The average molecular weight is 242 g/mol. The Bertz CT molecular complexity index is 324. The van der Waals surface area contributed by atoms with Crippen LogP contribution in [0, 0.1) is 0 Å². The Balaban J connectivity index is 2.86. The van der Waals surface area contributed by atoms with Crippen LogP contribution in [-0.2, 0) is 9.59 Å². The molecule has 68 valence electrons. The number of alkyl halides is 1. The Morgan fingerprint density at radius 1 is 1.46 bits per heavy atom. The van der Waals surface area contributed by atoms with Crippen molar-refractivity contribution in [1.29, 1.82) is 0 Å². The smallest absolute Gasteiger partial charge is 0.217 e. The summed E-state index contributed by atoms with van der Waals surface area (Å²) in [6.45, 7) is 1.25. The third-order valence-corrected chi connectivity index (χ3v) is 2.41. The predicted octanol–water partition coefficient (Wildman–Crippen LogP) is 1.68. The van der Waals surface area contributed by atoms with Crippen LogP contribution < -0.4 is 0 Å². The van der Waals surface area contributed by atoms with Crippen LogP contribution in [-0.4, -0.2) is 16.6 Å². The summed E-state index contributed by atoms with van der Waals surface area (Å²) in [5, 5.41) is 0. The van der Waals surface area contributed by atoms with Crippen molar-refractivity contribution in [3.05, 3.63) is 30.1 Å². The maximum atomic E-state index is 11.2. The number of hydrogen-bond donors (Lipinski definition) is 0. The zero-order chi connectivity index (χ0) is 9.84. The molecule has 4 heteroatoms. The van der Waals surface area contributed by atoms with Crippen LogP contribution in [0.2, 0.25) is 0 Å². The first-order valence-electron chi connectivity index (χ1n) is 3.72. The second kappa shape index (κ2) is 4.28. The molecule has 0 amide bonds. The highest BCUT2D eigenvalue weighted by molar-refractivity contribution is 9.09. The number of carbonyl (C=O) groups excluding carboxylic acids is 2. The number of Topliss-reactive ketones (excluding diaryl/α,β-unsaturated/α-hetero) is 2. The fourth-order valence-electron chi connectivity index (χ4n) is 0.839. The van der Waals surface area contributed by atoms with Gasteiger partial charge in [0.2, 0.25) is 5.78 Å². The van der Waals surface area contributed by atoms with Crippen molar-refractivity contribution in [3.63, 3.8) is 0 Å². The van der Waals surface area contributed by atoms with Gasteiger partial charge < -0.3 is 0 Å². The van der Waals surface area contributed by atoms with Crippen molar-refractivity contribution in [1.82, 2.24) is 4.98 Å². The molecule has 0 aliphatic rings. The van der Waals surface area contributed by atoms with E-state index in [0.29, 0.717) is 5.69 Å². The van der Waals surface area contributed by atoms with Gasteiger partial charge >= 0.3 is 0 Å². The highest BCUT2D eigenvalue weighted by Crippen LogP contribution is 2.21. The Labute approximate surface area is 84.3 Å². The van der Waals surface area contributed by atoms with E-state index in [1.54, 1.807) is 24.4 Å². The minimum atomic E-state index is -0.619. The van der Waals surface area contributed by atoms with E-state index < -0.39 is 16.4 Å². The van der Waals surface area contributed by atoms with Crippen molar-refractivity contribution < 1.29 is 9.59 Å². The Kier molecular flexibility index (Phi) is 3.31. The summed E-state index contributed by atoms with van der Waals surface area (Å²) < 4.78 is 0. The van der Waals surface area contributed by atoms with Gasteiger partial charge in [-0.2, -0.15) is 0 Å². The molecule has 1 atom stereocenters. The first kappa shape index (κ1) is 10.1. The molecule has 0 aliphatic carbocycles. The Morgan fingerprint density at radius 3 is 2.62 bits per heavy atom. The molecule has 1 aromatic heterocycles. The number of pyridine rings is 1. The summed E-state index contributed by atoms with van der Waals surface area (Å²) in [5.74, 6) is -0.939. The Morgan fingerprint density at radius 2 is 2.15 bits per heavy atom. The van der Waals surface area contributed by atoms with Gasteiger partial charge in [0.1, 0.15) is 4.83 Å². The van der Waals surface area contributed by atoms with E-state index in [4.69, 9.17) is 0 Å². The fraction of sp³-hybridized carbons (Fsp3) is 0.222. The van der Waals surface area contributed by atoms with Crippen LogP contribution in [0.3, 0.4) is 0 Å². The molecule has 0 saturated heterocycles. The molecular formula is C9H8BrNO2. The molecule has 0 radical (unpaired) electrons. The van der Waals surface area contributed by atoms with Crippen LogP contribution in [0.15, 0.2) is 24.4 Å². The van der Waals surface area contributed by atoms with Crippen LogP contribution in [0.4, 0.5) is 0 Å². The van der Waals surface area contributed by atoms with E-state index in [9.17, 15) is 9.59 Å². The Hall–Kier alpha value is -1.03. The molecule has 1 heterocycles. The molecule has 0 spiro atoms. The van der Waals surface area contributed by atoms with E-state index in [1.807, 2.05) is 0 Å². The zero-order valence-electron chi connectivity index (χ0n) is 7.03. The predicted molar refractivity (Wildman–Crippen MR) is 51.6 cm³/mol. The molecule has 0 fully saturated rings. The summed E-state index contributed by atoms with van der Waals surface area (Å²) in [4.78, 5) is 25.3. The van der Waals surface area contributed by atoms with Gasteiger partial charge in [-0.1, -0.05) is 22.0 Å². The number of nitrogens with zero attached hydrogens (tertiary/aromatic N) is 1. The van der Waals surface area contributed by atoms with Crippen molar-refractivity contribution >= 4 is 27.5 Å². The minimum Gasteiger partial charge on any atom is -0.291 e. The maximum absolute atomic E-state index is 11.2. The molecule has 0 bridgehead atoms. The number of aromatic nitrogens is 1. The first-order valence-corrected chi connectivity index (χ1v) is 4.64. The van der Waals surface area contributed by atoms with Gasteiger partial charge in [-0.3, -0.25) is 14.6 Å². The number of halogens is 1. The lowest BCUT2D eigenvalue weighted by molar-refractivity contribution is -0.135. The van der Waals surface area contributed by atoms with E-state index in [1.165, 1.54) is 6.92 Å². The molecule has 0 saturated carbocycles. The first-order chi connectivity index (χ1) is 6.13. The number of ketones is 2. The van der Waals surface area contributed by atoms with Gasteiger partial charge in [0, 0.05) is 13.1 Å². The van der Waals surface area contributed by atoms with Crippen LogP contribution >= 0.6 is 15.9 Å². The lowest BCUT2D eigenvalue weighted by Crippen LogP contribution is -2.15. The van der Waals surface area contributed by atoms with Crippen molar-refractivity contribution in [3.8, 4) is 0 Å². The highest BCUT2D eigenvalue weighted by Gasteiger charge is 2.21. The largest absolute Gasteiger partial charge is 0.291 e. The molecule has 0 aromatic carbocycles. The van der Waals surface area contributed by atoms with Gasteiger partial charge in [0.25, 0.3) is 0 Å². The van der Waals surface area contributed by atoms with Gasteiger partial charge in [-0.15, -0.1) is 0 Å². The molecule has 0 aliphatic heterocycles. The number of carbonyl (C=O) groups is 2. The van der Waals surface area contributed by atoms with Crippen molar-refractivity contribution in [2.45, 2.75) is 11.8 Å². The molecule has 3 nitrogen and oxygen atoms in total. The quantitative estimate of drug-likeness (QED) is 0.598. The third kappa shape index (κ3) is 2.45. The summed E-state index contributed by atoms with van der Waals surface area (Å²) in [7, 11) is 0. The van der Waals surface area contributed by atoms with E-state index in [2.05, 4.69) is 20.9 Å². The second-order valence-corrected chi connectivity index (χ2v) is 3.45. The van der Waals surface area contributed by atoms with Crippen LogP contribution in [0.1, 0.15) is 17.4 Å². The summed E-state index contributed by atoms with van der Waals surface area (Å²) in [6.07, 6.45) is 1.58. The van der Waals surface area contributed by atoms with Crippen LogP contribution in [0.5, 0.6) is 0 Å². The molecule has 1 aromatic rings. The van der Waals surface area contributed by atoms with Crippen molar-refractivity contribution in [2.75, 3.05) is 0 Å². The topological polar surface area (TPSA) is 47.0 Å². The summed E-state index contributed by atoms with van der Waals surface area (Å²) in [6, 6.07) is 5.21. The molecule has 0 N–H and O–H groups in total. The summed E-state index contributed by atoms with van der Waals surface area (Å²) in [5.41, 5.74) is 0.558. The summed E-state index contributed by atoms with van der Waals surface area (Å²) >= 11 is 3.12. The third-order valence-electron chi connectivity index (χ3n) is 1.52. The lowest BCUT2D eigenvalue weighted by atomic mass is 10.1. The minimum absolute atomic E-state index is 0.465. The molecule has 1 unspecified atom stereocenters. The number of rotatable bonds is 3. The van der Waals surface area contributed by atoms with Gasteiger partial charge in [-0.25, -0.2) is 0 Å². The maximum Gasteiger partial charge on any atom is 0.217 e. The SMILES string of the molecule is CC(=O)C(=O)C(Br)c1ccccn1. The monoisotopic (exact) mass is 241 g/mol. The average Bonchev–Trinajstić information content (AvgIpc) is 2.17. The molecule has 1 rings (SSSR count). The second-order valence-electron chi connectivity index (χ2n) is 2.54. The van der Waals surface area contributed by atoms with Gasteiger partial charge in [-0.05, 0) is 12.1 Å².